The van der Waals surface area contributed by atoms with Gasteiger partial charge in [0.1, 0.15) is 4.90 Å². The predicted molar refractivity (Wildman–Crippen MR) is 124 cm³/mol. The summed E-state index contributed by atoms with van der Waals surface area (Å²) in [6.07, 6.45) is 0.889. The molecule has 2 heterocycles. The van der Waals surface area contributed by atoms with E-state index in [0.29, 0.717) is 36.7 Å². The predicted octanol–water partition coefficient (Wildman–Crippen LogP) is 3.72. The summed E-state index contributed by atoms with van der Waals surface area (Å²) in [6, 6.07) is 12.6. The summed E-state index contributed by atoms with van der Waals surface area (Å²) in [7, 11) is -3.84. The van der Waals surface area contributed by atoms with Gasteiger partial charge in [-0.1, -0.05) is 46.6 Å². The van der Waals surface area contributed by atoms with Crippen LogP contribution in [0.25, 0.3) is 11.4 Å². The number of piperidine rings is 1. The van der Waals surface area contributed by atoms with Crippen LogP contribution < -0.4 is 5.32 Å². The highest BCUT2D eigenvalue weighted by molar-refractivity contribution is 7.89. The van der Waals surface area contributed by atoms with E-state index < -0.39 is 10.0 Å². The van der Waals surface area contributed by atoms with E-state index in [1.807, 2.05) is 31.2 Å². The Labute approximate surface area is 198 Å². The van der Waals surface area contributed by atoms with E-state index in [-0.39, 0.29) is 34.8 Å². The second-order valence-electron chi connectivity index (χ2n) is 8.17. The normalized spacial score (nSPS) is 15.5. The van der Waals surface area contributed by atoms with Crippen molar-refractivity contribution >= 4 is 27.5 Å². The largest absolute Gasteiger partial charge is 0.352 e. The number of sulfonamides is 1. The summed E-state index contributed by atoms with van der Waals surface area (Å²) in [5, 5.41) is 6.93. The molecule has 0 radical (unpaired) electrons. The number of aryl methyl sites for hydroxylation is 2. The highest BCUT2D eigenvalue weighted by Gasteiger charge is 2.33. The number of amides is 1. The number of hydrogen-bond donors (Lipinski definition) is 1. The molecule has 0 unspecified atom stereocenters. The smallest absolute Gasteiger partial charge is 0.244 e. The molecule has 174 valence electrons. The number of benzene rings is 2. The minimum Gasteiger partial charge on any atom is -0.352 e. The number of carbonyl (C=O) groups is 1. The minimum atomic E-state index is -3.84. The first-order chi connectivity index (χ1) is 15.7. The minimum absolute atomic E-state index is 0.00790. The van der Waals surface area contributed by atoms with Crippen molar-refractivity contribution in [1.82, 2.24) is 19.8 Å². The van der Waals surface area contributed by atoms with Crippen LogP contribution in [0.2, 0.25) is 5.02 Å². The molecule has 33 heavy (non-hydrogen) atoms. The third kappa shape index (κ3) is 5.26. The van der Waals surface area contributed by atoms with E-state index in [9.17, 15) is 13.2 Å². The van der Waals surface area contributed by atoms with Gasteiger partial charge in [-0.25, -0.2) is 8.42 Å². The van der Waals surface area contributed by atoms with Crippen LogP contribution in [0.5, 0.6) is 0 Å². The van der Waals surface area contributed by atoms with Gasteiger partial charge < -0.3 is 9.84 Å². The first kappa shape index (κ1) is 23.4. The molecule has 8 nitrogen and oxygen atoms in total. The van der Waals surface area contributed by atoms with Crippen molar-refractivity contribution in [3.63, 3.8) is 0 Å². The van der Waals surface area contributed by atoms with Gasteiger partial charge in [-0.2, -0.15) is 9.29 Å². The zero-order valence-corrected chi connectivity index (χ0v) is 20.0. The second kappa shape index (κ2) is 9.62. The number of aromatic nitrogens is 2. The van der Waals surface area contributed by atoms with Gasteiger partial charge >= 0.3 is 0 Å². The molecule has 1 amide bonds. The average Bonchev–Trinajstić information content (AvgIpc) is 3.24. The van der Waals surface area contributed by atoms with Crippen molar-refractivity contribution in [3.05, 3.63) is 64.5 Å². The number of halogens is 1. The van der Waals surface area contributed by atoms with Crippen molar-refractivity contribution in [2.45, 2.75) is 38.1 Å². The lowest BCUT2D eigenvalue weighted by Crippen LogP contribution is -2.42. The van der Waals surface area contributed by atoms with Crippen LogP contribution in [-0.2, 0) is 21.4 Å². The molecular weight excluding hydrogens is 464 g/mol. The molecule has 0 saturated carbocycles. The van der Waals surface area contributed by atoms with Gasteiger partial charge in [-0.3, -0.25) is 4.79 Å². The van der Waals surface area contributed by atoms with Crippen LogP contribution in [0.3, 0.4) is 0 Å². The lowest BCUT2D eigenvalue weighted by atomic mass is 9.97. The Bertz CT molecular complexity index is 1270. The molecule has 0 spiro atoms. The first-order valence-corrected chi connectivity index (χ1v) is 12.5. The summed E-state index contributed by atoms with van der Waals surface area (Å²) in [5.74, 6) is 0.392. The molecule has 1 aliphatic rings. The molecule has 2 aromatic carbocycles. The molecule has 1 aromatic heterocycles. The number of carbonyl (C=O) groups excluding carboxylic acids is 1. The van der Waals surface area contributed by atoms with Gasteiger partial charge in [0.25, 0.3) is 0 Å². The fourth-order valence-corrected chi connectivity index (χ4v) is 5.88. The van der Waals surface area contributed by atoms with Crippen LogP contribution in [0.15, 0.2) is 51.9 Å². The molecule has 0 atom stereocenters. The Hall–Kier alpha value is -2.75. The fraction of sp³-hybridized carbons (Fsp3) is 0.348. The fourth-order valence-electron chi connectivity index (χ4n) is 3.91. The zero-order valence-electron chi connectivity index (χ0n) is 18.4. The van der Waals surface area contributed by atoms with Crippen LogP contribution in [-0.4, -0.2) is 41.9 Å². The molecule has 1 N–H and O–H groups in total. The van der Waals surface area contributed by atoms with E-state index >= 15 is 0 Å². The molecule has 1 saturated heterocycles. The van der Waals surface area contributed by atoms with Gasteiger partial charge in [0.05, 0.1) is 5.02 Å². The second-order valence-corrected chi connectivity index (χ2v) is 10.5. The quantitative estimate of drug-likeness (QED) is 0.566. The number of rotatable bonds is 6. The third-order valence-electron chi connectivity index (χ3n) is 5.71. The van der Waals surface area contributed by atoms with Gasteiger partial charge in [0, 0.05) is 38.0 Å². The Balaban J connectivity index is 1.41. The van der Waals surface area contributed by atoms with Crippen LogP contribution in [0.4, 0.5) is 0 Å². The van der Waals surface area contributed by atoms with Gasteiger partial charge in [0.15, 0.2) is 0 Å². The Morgan fingerprint density at radius 2 is 1.94 bits per heavy atom. The van der Waals surface area contributed by atoms with Crippen molar-refractivity contribution < 1.29 is 17.7 Å². The van der Waals surface area contributed by atoms with Crippen LogP contribution in [0, 0.1) is 19.8 Å². The molecule has 1 aliphatic heterocycles. The van der Waals surface area contributed by atoms with Crippen molar-refractivity contribution in [2.75, 3.05) is 13.1 Å². The van der Waals surface area contributed by atoms with E-state index in [2.05, 4.69) is 15.5 Å². The Morgan fingerprint density at radius 3 is 2.61 bits per heavy atom. The molecule has 3 aromatic rings. The monoisotopic (exact) mass is 488 g/mol. The highest BCUT2D eigenvalue weighted by Crippen LogP contribution is 2.31. The summed E-state index contributed by atoms with van der Waals surface area (Å²) in [4.78, 5) is 16.8. The molecule has 4 rings (SSSR count). The average molecular weight is 489 g/mol. The standard InChI is InChI=1S/C23H25ClN4O4S/c1-15-4-3-5-17(12-15)14-25-23(29)18-8-10-28(11-9-18)33(30,31)21-13-19(6-7-20(21)24)22-26-16(2)32-27-22/h3-7,12-13,18H,8-11,14H2,1-2H3,(H,25,29). The summed E-state index contributed by atoms with van der Waals surface area (Å²) >= 11 is 6.25. The molecule has 1 fully saturated rings. The lowest BCUT2D eigenvalue weighted by Gasteiger charge is -2.30. The van der Waals surface area contributed by atoms with Gasteiger partial charge in [-0.05, 0) is 43.5 Å². The van der Waals surface area contributed by atoms with Crippen molar-refractivity contribution in [1.29, 1.82) is 0 Å². The SMILES string of the molecule is Cc1cccc(CNC(=O)C2CCN(S(=O)(=O)c3cc(-c4noc(C)n4)ccc3Cl)CC2)c1. The lowest BCUT2D eigenvalue weighted by molar-refractivity contribution is -0.126. The van der Waals surface area contributed by atoms with Crippen molar-refractivity contribution in [3.8, 4) is 11.4 Å². The number of nitrogens with one attached hydrogen (secondary N) is 1. The van der Waals surface area contributed by atoms with E-state index in [1.165, 1.54) is 16.4 Å². The maximum atomic E-state index is 13.3. The summed E-state index contributed by atoms with van der Waals surface area (Å²) in [6.45, 7) is 4.61. The van der Waals surface area contributed by atoms with Gasteiger partial charge in [0.2, 0.25) is 27.6 Å². The maximum Gasteiger partial charge on any atom is 0.244 e. The summed E-state index contributed by atoms with van der Waals surface area (Å²) < 4.78 is 33.0. The third-order valence-corrected chi connectivity index (χ3v) is 8.09. The number of hydrogen-bond acceptors (Lipinski definition) is 6. The zero-order chi connectivity index (χ0) is 23.6. The molecule has 10 heteroatoms. The van der Waals surface area contributed by atoms with Crippen LogP contribution >= 0.6 is 11.6 Å². The highest BCUT2D eigenvalue weighted by atomic mass is 35.5. The van der Waals surface area contributed by atoms with Crippen molar-refractivity contribution in [2.24, 2.45) is 5.92 Å². The maximum absolute atomic E-state index is 13.3. The molecule has 0 aliphatic carbocycles. The van der Waals surface area contributed by atoms with E-state index in [0.717, 1.165) is 11.1 Å². The van der Waals surface area contributed by atoms with Gasteiger partial charge in [-0.15, -0.1) is 0 Å². The molecular formula is C23H25ClN4O4S. The van der Waals surface area contributed by atoms with E-state index in [4.69, 9.17) is 16.1 Å². The number of nitrogens with zero attached hydrogens (tertiary/aromatic N) is 3. The summed E-state index contributed by atoms with van der Waals surface area (Å²) in [5.41, 5.74) is 2.67. The van der Waals surface area contributed by atoms with Crippen LogP contribution in [0.1, 0.15) is 29.9 Å². The topological polar surface area (TPSA) is 105 Å². The first-order valence-electron chi connectivity index (χ1n) is 10.7. The molecule has 0 bridgehead atoms. The van der Waals surface area contributed by atoms with E-state index in [1.54, 1.807) is 13.0 Å². The Kier molecular flexibility index (Phi) is 6.83. The Morgan fingerprint density at radius 1 is 1.18 bits per heavy atom.